The van der Waals surface area contributed by atoms with Crippen LogP contribution in [0, 0.1) is 11.8 Å². The highest BCUT2D eigenvalue weighted by Crippen LogP contribution is 2.11. The molecule has 17 heavy (non-hydrogen) atoms. The topological polar surface area (TPSA) is 9.23 Å². The van der Waals surface area contributed by atoms with Crippen LogP contribution in [-0.4, -0.2) is 7.11 Å². The van der Waals surface area contributed by atoms with Gasteiger partial charge >= 0.3 is 0 Å². The van der Waals surface area contributed by atoms with Crippen molar-refractivity contribution < 1.29 is 4.74 Å². The second kappa shape index (κ2) is 5.77. The number of hydrogen-bond acceptors (Lipinski definition) is 1. The van der Waals surface area contributed by atoms with Gasteiger partial charge in [-0.1, -0.05) is 42.2 Å². The largest absolute Gasteiger partial charge is 0.497 e. The Morgan fingerprint density at radius 3 is 2.29 bits per heavy atom. The number of rotatable bonds is 2. The molecular formula is C16H14O. The molecule has 0 saturated heterocycles. The zero-order valence-corrected chi connectivity index (χ0v) is 9.81. The van der Waals surface area contributed by atoms with Crippen molar-refractivity contribution in [2.45, 2.75) is 6.42 Å². The molecule has 0 aliphatic carbocycles. The van der Waals surface area contributed by atoms with Crippen LogP contribution in [0.1, 0.15) is 11.1 Å². The maximum Gasteiger partial charge on any atom is 0.118 e. The van der Waals surface area contributed by atoms with Crippen LogP contribution in [0.4, 0.5) is 0 Å². The van der Waals surface area contributed by atoms with Gasteiger partial charge in [0, 0.05) is 12.0 Å². The van der Waals surface area contributed by atoms with Crippen LogP contribution in [0.5, 0.6) is 5.75 Å². The van der Waals surface area contributed by atoms with E-state index in [1.54, 1.807) is 7.11 Å². The van der Waals surface area contributed by atoms with Crippen molar-refractivity contribution in [2.24, 2.45) is 0 Å². The molecule has 1 heteroatoms. The Labute approximate surface area is 102 Å². The van der Waals surface area contributed by atoms with Crippen molar-refractivity contribution >= 4 is 0 Å². The molecule has 84 valence electrons. The summed E-state index contributed by atoms with van der Waals surface area (Å²) in [5.41, 5.74) is 2.26. The van der Waals surface area contributed by atoms with Crippen molar-refractivity contribution in [1.29, 1.82) is 0 Å². The lowest BCUT2D eigenvalue weighted by molar-refractivity contribution is 0.414. The first kappa shape index (κ1) is 11.3. The summed E-state index contributed by atoms with van der Waals surface area (Å²) in [6, 6.07) is 18.0. The van der Waals surface area contributed by atoms with E-state index < -0.39 is 0 Å². The Hall–Kier alpha value is -2.20. The summed E-state index contributed by atoms with van der Waals surface area (Å²) in [5.74, 6) is 7.18. The Bertz CT molecular complexity index is 515. The van der Waals surface area contributed by atoms with E-state index >= 15 is 0 Å². The van der Waals surface area contributed by atoms with E-state index in [4.69, 9.17) is 4.74 Å². The van der Waals surface area contributed by atoms with E-state index in [9.17, 15) is 0 Å². The summed E-state index contributed by atoms with van der Waals surface area (Å²) in [6.45, 7) is 0. The van der Waals surface area contributed by atoms with Gasteiger partial charge in [0.15, 0.2) is 0 Å². The molecule has 0 spiro atoms. The minimum Gasteiger partial charge on any atom is -0.497 e. The average molecular weight is 222 g/mol. The lowest BCUT2D eigenvalue weighted by Crippen LogP contribution is -1.84. The van der Waals surface area contributed by atoms with E-state index in [1.165, 1.54) is 5.56 Å². The molecule has 0 aliphatic rings. The molecule has 2 rings (SSSR count). The molecule has 0 atom stereocenters. The molecule has 0 N–H and O–H groups in total. The lowest BCUT2D eigenvalue weighted by atomic mass is 10.1. The average Bonchev–Trinajstić information content (AvgIpc) is 2.41. The smallest absolute Gasteiger partial charge is 0.118 e. The van der Waals surface area contributed by atoms with E-state index in [1.807, 2.05) is 54.6 Å². The molecule has 0 saturated carbocycles. The molecule has 0 aliphatic heterocycles. The second-order valence-electron chi connectivity index (χ2n) is 3.69. The normalized spacial score (nSPS) is 9.24. The molecule has 0 unspecified atom stereocenters. The Kier molecular flexibility index (Phi) is 3.83. The van der Waals surface area contributed by atoms with Gasteiger partial charge in [0.1, 0.15) is 5.75 Å². The number of hydrogen-bond donors (Lipinski definition) is 0. The highest BCUT2D eigenvalue weighted by atomic mass is 16.5. The highest BCUT2D eigenvalue weighted by Gasteiger charge is 1.91. The standard InChI is InChI=1S/C16H14O/c1-17-16-12-10-15(11-13-16)9-5-8-14-6-3-2-4-7-14/h2-4,6-7,10-13H,9H2,1H3. The zero-order chi connectivity index (χ0) is 11.9. The summed E-state index contributed by atoms with van der Waals surface area (Å²) in [7, 11) is 1.67. The minimum atomic E-state index is 0.763. The van der Waals surface area contributed by atoms with Crippen molar-refractivity contribution in [3.63, 3.8) is 0 Å². The third kappa shape index (κ3) is 3.39. The van der Waals surface area contributed by atoms with E-state index in [-0.39, 0.29) is 0 Å². The van der Waals surface area contributed by atoms with Crippen molar-refractivity contribution in [1.82, 2.24) is 0 Å². The summed E-state index contributed by atoms with van der Waals surface area (Å²) < 4.78 is 5.11. The molecule has 0 amide bonds. The fourth-order valence-corrected chi connectivity index (χ4v) is 1.51. The molecule has 0 fully saturated rings. The Balaban J connectivity index is 2.00. The predicted octanol–water partition coefficient (Wildman–Crippen LogP) is 3.29. The van der Waals surface area contributed by atoms with Gasteiger partial charge in [0.25, 0.3) is 0 Å². The fraction of sp³-hybridized carbons (Fsp3) is 0.125. The van der Waals surface area contributed by atoms with Crippen LogP contribution in [0.25, 0.3) is 0 Å². The molecule has 0 radical (unpaired) electrons. The minimum absolute atomic E-state index is 0.763. The maximum atomic E-state index is 5.11. The quantitative estimate of drug-likeness (QED) is 0.708. The van der Waals surface area contributed by atoms with Gasteiger partial charge in [-0.25, -0.2) is 0 Å². The lowest BCUT2D eigenvalue weighted by Gasteiger charge is -1.99. The van der Waals surface area contributed by atoms with Crippen molar-refractivity contribution in [2.75, 3.05) is 7.11 Å². The van der Waals surface area contributed by atoms with Crippen LogP contribution in [-0.2, 0) is 6.42 Å². The van der Waals surface area contributed by atoms with Crippen LogP contribution >= 0.6 is 0 Å². The Morgan fingerprint density at radius 1 is 0.941 bits per heavy atom. The summed E-state index contributed by atoms with van der Waals surface area (Å²) in [4.78, 5) is 0. The van der Waals surface area contributed by atoms with E-state index in [0.29, 0.717) is 0 Å². The van der Waals surface area contributed by atoms with Crippen LogP contribution in [0.15, 0.2) is 54.6 Å². The maximum absolute atomic E-state index is 5.11. The first-order chi connectivity index (χ1) is 8.38. The Morgan fingerprint density at radius 2 is 1.65 bits per heavy atom. The zero-order valence-electron chi connectivity index (χ0n) is 9.81. The number of ether oxygens (including phenoxy) is 1. The molecule has 0 aromatic heterocycles. The molecule has 2 aromatic carbocycles. The van der Waals surface area contributed by atoms with Crippen LogP contribution in [0.2, 0.25) is 0 Å². The summed E-state index contributed by atoms with van der Waals surface area (Å²) in [6.07, 6.45) is 0.763. The first-order valence-corrected chi connectivity index (χ1v) is 5.55. The first-order valence-electron chi connectivity index (χ1n) is 5.55. The molecule has 2 aromatic rings. The second-order valence-corrected chi connectivity index (χ2v) is 3.69. The summed E-state index contributed by atoms with van der Waals surface area (Å²) in [5, 5.41) is 0. The van der Waals surface area contributed by atoms with Crippen LogP contribution < -0.4 is 4.74 Å². The van der Waals surface area contributed by atoms with Crippen molar-refractivity contribution in [3.8, 4) is 17.6 Å². The third-order valence-electron chi connectivity index (χ3n) is 2.46. The molecule has 0 bridgehead atoms. The van der Waals surface area contributed by atoms with Crippen LogP contribution in [0.3, 0.4) is 0 Å². The van der Waals surface area contributed by atoms with Gasteiger partial charge in [-0.3, -0.25) is 0 Å². The molecule has 0 heterocycles. The monoisotopic (exact) mass is 222 g/mol. The summed E-state index contributed by atoms with van der Waals surface area (Å²) >= 11 is 0. The predicted molar refractivity (Wildman–Crippen MR) is 70.0 cm³/mol. The fourth-order valence-electron chi connectivity index (χ4n) is 1.51. The SMILES string of the molecule is COc1ccc(CC#Cc2ccccc2)cc1. The third-order valence-corrected chi connectivity index (χ3v) is 2.46. The number of methoxy groups -OCH3 is 1. The van der Waals surface area contributed by atoms with Gasteiger partial charge in [0.05, 0.1) is 7.11 Å². The van der Waals surface area contributed by atoms with E-state index in [0.717, 1.165) is 17.7 Å². The van der Waals surface area contributed by atoms with Gasteiger partial charge < -0.3 is 4.74 Å². The number of benzene rings is 2. The van der Waals surface area contributed by atoms with Gasteiger partial charge in [-0.2, -0.15) is 0 Å². The van der Waals surface area contributed by atoms with Gasteiger partial charge in [-0.15, -0.1) is 0 Å². The molecule has 1 nitrogen and oxygen atoms in total. The van der Waals surface area contributed by atoms with Crippen molar-refractivity contribution in [3.05, 3.63) is 65.7 Å². The highest BCUT2D eigenvalue weighted by molar-refractivity contribution is 5.36. The molecular weight excluding hydrogens is 208 g/mol. The van der Waals surface area contributed by atoms with Gasteiger partial charge in [0.2, 0.25) is 0 Å². The van der Waals surface area contributed by atoms with E-state index in [2.05, 4.69) is 11.8 Å². The van der Waals surface area contributed by atoms with Gasteiger partial charge in [-0.05, 0) is 29.8 Å².